The summed E-state index contributed by atoms with van der Waals surface area (Å²) in [5.74, 6) is 0.757. The highest BCUT2D eigenvalue weighted by molar-refractivity contribution is 7.16. The van der Waals surface area contributed by atoms with E-state index in [0.29, 0.717) is 6.61 Å². The lowest BCUT2D eigenvalue weighted by Crippen LogP contribution is -1.95. The summed E-state index contributed by atoms with van der Waals surface area (Å²) in [4.78, 5) is 1.08. The Morgan fingerprint density at radius 3 is 2.82 bits per heavy atom. The first kappa shape index (κ1) is 12.4. The highest BCUT2D eigenvalue weighted by atomic mass is 35.5. The zero-order valence-corrected chi connectivity index (χ0v) is 11.0. The van der Waals surface area contributed by atoms with Crippen LogP contribution in [0.15, 0.2) is 36.4 Å². The molecule has 0 fully saturated rings. The maximum atomic E-state index is 9.47. The molecule has 2 aromatic rings. The topological polar surface area (TPSA) is 29.5 Å². The normalized spacial score (nSPS) is 12.4. The minimum absolute atomic E-state index is 0.477. The van der Waals surface area contributed by atoms with Gasteiger partial charge >= 0.3 is 0 Å². The third-order valence-electron chi connectivity index (χ3n) is 2.35. The average molecular weight is 269 g/mol. The Kier molecular flexibility index (Phi) is 4.05. The number of hydrogen-bond donors (Lipinski definition) is 1. The Bertz CT molecular complexity index is 494. The van der Waals surface area contributed by atoms with Crippen LogP contribution >= 0.6 is 22.9 Å². The van der Waals surface area contributed by atoms with Gasteiger partial charge in [-0.25, -0.2) is 0 Å². The number of aliphatic hydroxyl groups is 1. The number of thiophene rings is 1. The smallest absolute Gasteiger partial charge is 0.122 e. The zero-order chi connectivity index (χ0) is 12.3. The number of benzene rings is 1. The van der Waals surface area contributed by atoms with Crippen LogP contribution in [0, 0.1) is 0 Å². The van der Waals surface area contributed by atoms with Crippen LogP contribution < -0.4 is 4.74 Å². The van der Waals surface area contributed by atoms with Gasteiger partial charge in [-0.3, -0.25) is 0 Å². The molecule has 1 atom stereocenters. The molecule has 2 nitrogen and oxygen atoms in total. The van der Waals surface area contributed by atoms with Crippen LogP contribution in [-0.4, -0.2) is 5.11 Å². The highest BCUT2D eigenvalue weighted by Crippen LogP contribution is 2.24. The summed E-state index contributed by atoms with van der Waals surface area (Å²) >= 11 is 7.35. The second kappa shape index (κ2) is 5.54. The predicted octanol–water partition coefficient (Wildman–Crippen LogP) is 4.03. The first-order chi connectivity index (χ1) is 8.15. The van der Waals surface area contributed by atoms with Gasteiger partial charge in [0, 0.05) is 4.88 Å². The van der Waals surface area contributed by atoms with Crippen LogP contribution in [0.25, 0.3) is 0 Å². The number of ether oxygens (including phenoxy) is 1. The van der Waals surface area contributed by atoms with E-state index in [1.54, 1.807) is 6.92 Å². The van der Waals surface area contributed by atoms with Crippen molar-refractivity contribution in [1.82, 2.24) is 0 Å². The average Bonchev–Trinajstić information content (AvgIpc) is 2.73. The Hall–Kier alpha value is -1.03. The molecule has 1 aromatic carbocycles. The van der Waals surface area contributed by atoms with Crippen LogP contribution in [0.5, 0.6) is 5.75 Å². The minimum atomic E-state index is -0.477. The van der Waals surface area contributed by atoms with E-state index in [2.05, 4.69) is 0 Å². The zero-order valence-electron chi connectivity index (χ0n) is 9.39. The van der Waals surface area contributed by atoms with Gasteiger partial charge < -0.3 is 9.84 Å². The van der Waals surface area contributed by atoms with E-state index in [9.17, 15) is 5.11 Å². The molecule has 0 radical (unpaired) electrons. The summed E-state index contributed by atoms with van der Waals surface area (Å²) in [5, 5.41) is 9.47. The molecule has 0 bridgehead atoms. The molecule has 4 heteroatoms. The van der Waals surface area contributed by atoms with Crippen LogP contribution in [0.3, 0.4) is 0 Å². The van der Waals surface area contributed by atoms with Gasteiger partial charge in [0.15, 0.2) is 0 Å². The molecule has 0 aliphatic heterocycles. The van der Waals surface area contributed by atoms with Crippen molar-refractivity contribution in [3.63, 3.8) is 0 Å². The van der Waals surface area contributed by atoms with E-state index < -0.39 is 6.10 Å². The lowest BCUT2D eigenvalue weighted by Gasteiger charge is -2.08. The van der Waals surface area contributed by atoms with E-state index in [4.69, 9.17) is 16.3 Å². The summed E-state index contributed by atoms with van der Waals surface area (Å²) in [6.07, 6.45) is -0.477. The van der Waals surface area contributed by atoms with Gasteiger partial charge in [0.2, 0.25) is 0 Å². The monoisotopic (exact) mass is 268 g/mol. The van der Waals surface area contributed by atoms with Gasteiger partial charge in [0.25, 0.3) is 0 Å². The number of halogens is 1. The molecule has 0 saturated heterocycles. The summed E-state index contributed by atoms with van der Waals surface area (Å²) in [6, 6.07) is 11.3. The van der Waals surface area contributed by atoms with Crippen LogP contribution in [0.1, 0.15) is 23.5 Å². The molecular formula is C13H13ClO2S. The SMILES string of the molecule is CC(O)c1cccc(OCc2ccc(Cl)s2)c1. The highest BCUT2D eigenvalue weighted by Gasteiger charge is 2.03. The van der Waals surface area contributed by atoms with Crippen molar-refractivity contribution in [1.29, 1.82) is 0 Å². The summed E-state index contributed by atoms with van der Waals surface area (Å²) < 4.78 is 6.40. The molecule has 1 aromatic heterocycles. The molecule has 0 saturated carbocycles. The molecular weight excluding hydrogens is 256 g/mol. The van der Waals surface area contributed by atoms with Gasteiger partial charge in [0.1, 0.15) is 12.4 Å². The first-order valence-corrected chi connectivity index (χ1v) is 6.49. The molecule has 0 amide bonds. The van der Waals surface area contributed by atoms with E-state index in [0.717, 1.165) is 20.5 Å². The lowest BCUT2D eigenvalue weighted by molar-refractivity contribution is 0.198. The molecule has 90 valence electrons. The third kappa shape index (κ3) is 3.46. The Morgan fingerprint density at radius 1 is 1.35 bits per heavy atom. The van der Waals surface area contributed by atoms with Crippen LogP contribution in [-0.2, 0) is 6.61 Å². The quantitative estimate of drug-likeness (QED) is 0.907. The third-order valence-corrected chi connectivity index (χ3v) is 3.56. The summed E-state index contributed by atoms with van der Waals surface area (Å²) in [7, 11) is 0. The van der Waals surface area contributed by atoms with Gasteiger partial charge in [-0.15, -0.1) is 11.3 Å². The second-order valence-electron chi connectivity index (χ2n) is 3.74. The van der Waals surface area contributed by atoms with E-state index in [1.807, 2.05) is 36.4 Å². The fourth-order valence-electron chi connectivity index (χ4n) is 1.45. The van der Waals surface area contributed by atoms with Crippen LogP contribution in [0.4, 0.5) is 0 Å². The fourth-order valence-corrected chi connectivity index (χ4v) is 2.45. The summed E-state index contributed by atoms with van der Waals surface area (Å²) in [6.45, 7) is 2.23. The predicted molar refractivity (Wildman–Crippen MR) is 70.7 cm³/mol. The first-order valence-electron chi connectivity index (χ1n) is 5.30. The number of hydrogen-bond acceptors (Lipinski definition) is 3. The molecule has 1 unspecified atom stereocenters. The molecule has 0 aliphatic carbocycles. The van der Waals surface area contributed by atoms with E-state index >= 15 is 0 Å². The van der Waals surface area contributed by atoms with Gasteiger partial charge in [-0.1, -0.05) is 23.7 Å². The molecule has 17 heavy (non-hydrogen) atoms. The Balaban J connectivity index is 2.01. The lowest BCUT2D eigenvalue weighted by atomic mass is 10.1. The Morgan fingerprint density at radius 2 is 2.18 bits per heavy atom. The van der Waals surface area contributed by atoms with Crippen LogP contribution in [0.2, 0.25) is 4.34 Å². The van der Waals surface area contributed by atoms with E-state index in [-0.39, 0.29) is 0 Å². The molecule has 2 rings (SSSR count). The van der Waals surface area contributed by atoms with Crippen molar-refractivity contribution in [3.8, 4) is 5.75 Å². The molecule has 1 N–H and O–H groups in total. The van der Waals surface area contributed by atoms with Gasteiger partial charge in [-0.2, -0.15) is 0 Å². The Labute approximate surface area is 109 Å². The van der Waals surface area contributed by atoms with Crippen molar-refractivity contribution >= 4 is 22.9 Å². The van der Waals surface area contributed by atoms with Crippen molar-refractivity contribution in [2.75, 3.05) is 0 Å². The van der Waals surface area contributed by atoms with Crippen molar-refractivity contribution < 1.29 is 9.84 Å². The molecule has 0 aliphatic rings. The maximum absolute atomic E-state index is 9.47. The van der Waals surface area contributed by atoms with Crippen molar-refractivity contribution in [3.05, 3.63) is 51.2 Å². The van der Waals surface area contributed by atoms with Crippen molar-refractivity contribution in [2.24, 2.45) is 0 Å². The molecule has 0 spiro atoms. The van der Waals surface area contributed by atoms with E-state index in [1.165, 1.54) is 11.3 Å². The van der Waals surface area contributed by atoms with Crippen molar-refractivity contribution in [2.45, 2.75) is 19.6 Å². The minimum Gasteiger partial charge on any atom is -0.488 e. The second-order valence-corrected chi connectivity index (χ2v) is 5.54. The summed E-state index contributed by atoms with van der Waals surface area (Å²) in [5.41, 5.74) is 0.853. The fraction of sp³-hybridized carbons (Fsp3) is 0.231. The number of aliphatic hydroxyl groups excluding tert-OH is 1. The standard InChI is InChI=1S/C13H13ClO2S/c1-9(15)10-3-2-4-11(7-10)16-8-12-5-6-13(14)17-12/h2-7,9,15H,8H2,1H3. The molecule has 1 heterocycles. The largest absolute Gasteiger partial charge is 0.488 e. The maximum Gasteiger partial charge on any atom is 0.122 e. The van der Waals surface area contributed by atoms with Gasteiger partial charge in [0.05, 0.1) is 10.4 Å². The van der Waals surface area contributed by atoms with Gasteiger partial charge in [-0.05, 0) is 36.8 Å². The number of rotatable bonds is 4.